The van der Waals surface area contributed by atoms with Crippen LogP contribution in [0.3, 0.4) is 0 Å². The van der Waals surface area contributed by atoms with E-state index in [0.717, 1.165) is 38.5 Å². The number of fused-ring (bicyclic) bond motifs is 3. The van der Waals surface area contributed by atoms with Gasteiger partial charge in [0.1, 0.15) is 35.6 Å². The van der Waals surface area contributed by atoms with Crippen molar-refractivity contribution in [3.05, 3.63) is 102 Å². The number of nitro groups is 3. The zero-order valence-electron chi connectivity index (χ0n) is 32.2. The molecule has 3 heterocycles. The quantitative estimate of drug-likeness (QED) is 0.0725. The zero-order chi connectivity index (χ0) is 41.5. The molecule has 3 atom stereocenters. The van der Waals surface area contributed by atoms with Gasteiger partial charge >= 0.3 is 21.4 Å². The summed E-state index contributed by atoms with van der Waals surface area (Å²) in [5.74, 6) is 1.64. The van der Waals surface area contributed by atoms with Gasteiger partial charge in [0.15, 0.2) is 0 Å². The van der Waals surface area contributed by atoms with E-state index in [-0.39, 0.29) is 19.6 Å². The van der Waals surface area contributed by atoms with Crippen molar-refractivity contribution in [2.45, 2.75) is 77.6 Å². The maximum atomic E-state index is 10.6. The molecule has 0 amide bonds. The van der Waals surface area contributed by atoms with Gasteiger partial charge in [0.05, 0.1) is 19.8 Å². The Bertz CT molecular complexity index is 1610. The van der Waals surface area contributed by atoms with Crippen LogP contribution < -0.4 is 30.6 Å². The van der Waals surface area contributed by atoms with Crippen LogP contribution in [0.25, 0.3) is 0 Å². The fourth-order valence-corrected chi connectivity index (χ4v) is 6.40. The summed E-state index contributed by atoms with van der Waals surface area (Å²) in [7, 11) is -3.46. The predicted molar refractivity (Wildman–Crippen MR) is 210 cm³/mol. The van der Waals surface area contributed by atoms with Crippen LogP contribution in [0, 0.1) is 30.3 Å². The molecule has 57 heavy (non-hydrogen) atoms. The van der Waals surface area contributed by atoms with Crippen molar-refractivity contribution >= 4 is 37.7 Å². The molecule has 21 heteroatoms. The Hall–Kier alpha value is -4.79. The first-order chi connectivity index (χ1) is 27.4. The molecular formula is C36H48B3N3O15. The van der Waals surface area contributed by atoms with Gasteiger partial charge in [-0.2, -0.15) is 0 Å². The first-order valence-corrected chi connectivity index (χ1v) is 19.0. The third kappa shape index (κ3) is 12.4. The van der Waals surface area contributed by atoms with Crippen LogP contribution in [-0.4, -0.2) is 90.7 Å². The van der Waals surface area contributed by atoms with Crippen molar-refractivity contribution in [1.29, 1.82) is 0 Å². The van der Waals surface area contributed by atoms with Gasteiger partial charge in [0, 0.05) is 31.2 Å². The van der Waals surface area contributed by atoms with Crippen LogP contribution in [0.4, 0.5) is 0 Å². The normalized spacial score (nSPS) is 17.4. The molecule has 3 aromatic rings. The molecule has 18 nitrogen and oxygen atoms in total. The van der Waals surface area contributed by atoms with Crippen molar-refractivity contribution in [3.8, 4) is 17.2 Å². The Labute approximate surface area is 331 Å². The van der Waals surface area contributed by atoms with Crippen LogP contribution >= 0.6 is 0 Å². The fourth-order valence-electron chi connectivity index (χ4n) is 6.40. The Morgan fingerprint density at radius 3 is 1.02 bits per heavy atom. The largest absolute Gasteiger partial charge is 0.496 e. The van der Waals surface area contributed by atoms with E-state index >= 15 is 0 Å². The van der Waals surface area contributed by atoms with Crippen LogP contribution in [-0.2, 0) is 14.0 Å². The molecule has 0 radical (unpaired) electrons. The lowest BCUT2D eigenvalue weighted by atomic mass is 9.78. The Balaban J connectivity index is 0.000000189. The van der Waals surface area contributed by atoms with Crippen molar-refractivity contribution in [2.24, 2.45) is 0 Å². The van der Waals surface area contributed by atoms with Gasteiger partial charge in [0.25, 0.3) is 0 Å². The van der Waals surface area contributed by atoms with Crippen molar-refractivity contribution < 1.29 is 58.0 Å². The second-order valence-corrected chi connectivity index (χ2v) is 13.4. The SMILES string of the molecule is CCCCOc1cccc2c1B(O)OC2C[N+](=O)[O-].CCCCOc1cccc2c1B(O)O[C@@H]2C[N+](=O)[O-].CCCCOc1cccc2c1B(O)O[C@H]2C[N+](=O)[O-]. The minimum Gasteiger partial charge on any atom is -0.494 e. The lowest BCUT2D eigenvalue weighted by Gasteiger charge is -2.10. The van der Waals surface area contributed by atoms with E-state index in [1.807, 2.05) is 0 Å². The first-order valence-electron chi connectivity index (χ1n) is 19.0. The van der Waals surface area contributed by atoms with Crippen LogP contribution in [0.1, 0.15) is 94.3 Å². The summed E-state index contributed by atoms with van der Waals surface area (Å²) in [6.45, 7) is 6.77. The summed E-state index contributed by atoms with van der Waals surface area (Å²) in [5.41, 5.74) is 3.47. The lowest BCUT2D eigenvalue weighted by molar-refractivity contribution is -0.490. The minimum atomic E-state index is -1.15. The summed E-state index contributed by atoms with van der Waals surface area (Å²) in [6, 6.07) is 15.7. The van der Waals surface area contributed by atoms with Crippen LogP contribution in [0.2, 0.25) is 0 Å². The highest BCUT2D eigenvalue weighted by Crippen LogP contribution is 2.30. The number of rotatable bonds is 18. The first kappa shape index (κ1) is 44.9. The van der Waals surface area contributed by atoms with Crippen LogP contribution in [0.5, 0.6) is 17.2 Å². The van der Waals surface area contributed by atoms with E-state index in [4.69, 9.17) is 28.2 Å². The topological polar surface area (TPSA) is 245 Å². The zero-order valence-corrected chi connectivity index (χ0v) is 32.2. The summed E-state index contributed by atoms with van der Waals surface area (Å²) in [6.07, 6.45) is 3.64. The highest BCUT2D eigenvalue weighted by atomic mass is 16.6. The van der Waals surface area contributed by atoms with Gasteiger partial charge in [-0.25, -0.2) is 0 Å². The fraction of sp³-hybridized carbons (Fsp3) is 0.500. The van der Waals surface area contributed by atoms with Gasteiger partial charge in [-0.15, -0.1) is 0 Å². The van der Waals surface area contributed by atoms with Gasteiger partial charge < -0.3 is 43.2 Å². The number of benzene rings is 3. The van der Waals surface area contributed by atoms with E-state index in [0.29, 0.717) is 70.1 Å². The third-order valence-electron chi connectivity index (χ3n) is 9.17. The number of nitrogens with zero attached hydrogens (tertiary/aromatic N) is 3. The van der Waals surface area contributed by atoms with E-state index in [1.54, 1.807) is 54.6 Å². The summed E-state index contributed by atoms with van der Waals surface area (Å²) in [4.78, 5) is 30.4. The maximum absolute atomic E-state index is 10.6. The smallest absolute Gasteiger partial charge is 0.494 e. The third-order valence-corrected chi connectivity index (χ3v) is 9.17. The van der Waals surface area contributed by atoms with Gasteiger partial charge in [-0.1, -0.05) is 76.4 Å². The highest BCUT2D eigenvalue weighted by molar-refractivity contribution is 6.63. The summed E-state index contributed by atoms with van der Waals surface area (Å²) in [5, 5.41) is 61.4. The van der Waals surface area contributed by atoms with E-state index in [9.17, 15) is 45.4 Å². The molecule has 3 aliphatic rings. The molecule has 6 rings (SSSR count). The molecule has 0 fully saturated rings. The number of hydrogen-bond acceptors (Lipinski definition) is 15. The summed E-state index contributed by atoms with van der Waals surface area (Å²) >= 11 is 0. The molecule has 0 bridgehead atoms. The Kier molecular flexibility index (Phi) is 17.5. The van der Waals surface area contributed by atoms with Crippen molar-refractivity contribution in [2.75, 3.05) is 39.5 Å². The molecule has 0 spiro atoms. The van der Waals surface area contributed by atoms with Crippen molar-refractivity contribution in [1.82, 2.24) is 0 Å². The maximum Gasteiger partial charge on any atom is 0.496 e. The Morgan fingerprint density at radius 2 is 0.789 bits per heavy atom. The average Bonchev–Trinajstić information content (AvgIpc) is 3.78. The lowest BCUT2D eigenvalue weighted by Crippen LogP contribution is -2.30. The standard InChI is InChI=1S/3C12H16BNO5/c3*1-2-3-7-18-10-6-4-5-9-11(8-14(16)17)19-13(15)12(9)10/h3*4-6,11,15H,2-3,7-8H2,1H3/t2*11-;/m10./s1. The number of unbranched alkanes of at least 4 members (excludes halogenated alkanes) is 3. The Morgan fingerprint density at radius 1 is 0.526 bits per heavy atom. The predicted octanol–water partition coefficient (Wildman–Crippen LogP) is 2.70. The van der Waals surface area contributed by atoms with Gasteiger partial charge in [-0.3, -0.25) is 30.3 Å². The molecular weight excluding hydrogens is 747 g/mol. The minimum absolute atomic E-state index is 0.359. The average molecular weight is 795 g/mol. The molecule has 0 saturated heterocycles. The van der Waals surface area contributed by atoms with E-state index in [2.05, 4.69) is 20.8 Å². The highest BCUT2D eigenvalue weighted by Gasteiger charge is 2.42. The van der Waals surface area contributed by atoms with E-state index in [1.165, 1.54) is 0 Å². The molecule has 3 aliphatic heterocycles. The molecule has 3 N–H and O–H groups in total. The molecule has 0 aliphatic carbocycles. The monoisotopic (exact) mass is 795 g/mol. The molecule has 306 valence electrons. The summed E-state index contributed by atoms with van der Waals surface area (Å²) < 4.78 is 32.5. The second kappa shape index (κ2) is 22.2. The number of hydrogen-bond donors (Lipinski definition) is 3. The second-order valence-electron chi connectivity index (χ2n) is 13.4. The molecule has 3 aromatic carbocycles. The molecule has 1 unspecified atom stereocenters. The molecule has 0 saturated carbocycles. The number of ether oxygens (including phenoxy) is 3. The molecule has 0 aromatic heterocycles. The van der Waals surface area contributed by atoms with Crippen molar-refractivity contribution in [3.63, 3.8) is 0 Å². The van der Waals surface area contributed by atoms with Gasteiger partial charge in [0.2, 0.25) is 19.6 Å². The van der Waals surface area contributed by atoms with Gasteiger partial charge in [-0.05, 0) is 54.2 Å². The van der Waals surface area contributed by atoms with E-state index < -0.39 is 54.4 Å². The van der Waals surface area contributed by atoms with Crippen LogP contribution in [0.15, 0.2) is 54.6 Å².